The smallest absolute Gasteiger partial charge is 0.194 e. The molecular formula is C26H28O2. The van der Waals surface area contributed by atoms with E-state index in [9.17, 15) is 9.59 Å². The van der Waals surface area contributed by atoms with Gasteiger partial charge in [0.15, 0.2) is 11.6 Å². The van der Waals surface area contributed by atoms with E-state index in [-0.39, 0.29) is 11.6 Å². The number of hydrogen-bond donors (Lipinski definition) is 0. The molecule has 0 atom stereocenters. The molecule has 0 saturated carbocycles. The van der Waals surface area contributed by atoms with E-state index in [1.807, 2.05) is 36.4 Å². The average molecular weight is 373 g/mol. The standard InChI is InChI=1S/C26H28O2/c1-17(2)7-5-9-19-11-13-21-23(15-19)26(28)24-16-20(10-6-8-18(3)4)12-14-22(24)25(21)27/h7-8,11-16H,5-6,9-10H2,1-4H3. The van der Waals surface area contributed by atoms with Gasteiger partial charge in [-0.3, -0.25) is 9.59 Å². The van der Waals surface area contributed by atoms with Crippen molar-refractivity contribution >= 4 is 11.6 Å². The molecule has 1 aliphatic carbocycles. The number of rotatable bonds is 6. The number of carbonyl (C=O) groups is 2. The Morgan fingerprint density at radius 1 is 0.643 bits per heavy atom. The fraction of sp³-hybridized carbons (Fsp3) is 0.308. The van der Waals surface area contributed by atoms with Crippen molar-refractivity contribution in [2.24, 2.45) is 0 Å². The van der Waals surface area contributed by atoms with Crippen molar-refractivity contribution in [3.05, 3.63) is 93.1 Å². The number of ketones is 2. The molecule has 1 aliphatic rings. The highest BCUT2D eigenvalue weighted by atomic mass is 16.1. The lowest BCUT2D eigenvalue weighted by atomic mass is 9.82. The van der Waals surface area contributed by atoms with Crippen molar-refractivity contribution in [3.63, 3.8) is 0 Å². The molecule has 2 aromatic rings. The first-order chi connectivity index (χ1) is 13.4. The zero-order valence-corrected chi connectivity index (χ0v) is 17.3. The Hall–Kier alpha value is -2.74. The Kier molecular flexibility index (Phi) is 6.08. The molecule has 0 unspecified atom stereocenters. The maximum absolute atomic E-state index is 13.1. The minimum absolute atomic E-state index is 0.0299. The van der Waals surface area contributed by atoms with Gasteiger partial charge in [-0.25, -0.2) is 0 Å². The van der Waals surface area contributed by atoms with Crippen LogP contribution in [0.2, 0.25) is 0 Å². The van der Waals surface area contributed by atoms with Gasteiger partial charge in [0.2, 0.25) is 0 Å². The highest BCUT2D eigenvalue weighted by Gasteiger charge is 2.29. The molecule has 0 saturated heterocycles. The second-order valence-corrected chi connectivity index (χ2v) is 8.06. The van der Waals surface area contributed by atoms with E-state index in [0.29, 0.717) is 22.3 Å². The molecule has 0 amide bonds. The number of fused-ring (bicyclic) bond motifs is 2. The zero-order valence-electron chi connectivity index (χ0n) is 17.3. The van der Waals surface area contributed by atoms with Crippen LogP contribution in [0.5, 0.6) is 0 Å². The summed E-state index contributed by atoms with van der Waals surface area (Å²) in [7, 11) is 0. The van der Waals surface area contributed by atoms with Gasteiger partial charge in [-0.15, -0.1) is 0 Å². The van der Waals surface area contributed by atoms with Crippen LogP contribution in [0.25, 0.3) is 0 Å². The lowest BCUT2D eigenvalue weighted by Gasteiger charge is -2.19. The second kappa shape index (κ2) is 8.52. The SMILES string of the molecule is CC(C)=CCCc1ccc2c(c1)C(=O)c1cc(CCC=C(C)C)ccc1C2=O. The van der Waals surface area contributed by atoms with Gasteiger partial charge in [0.25, 0.3) is 0 Å². The van der Waals surface area contributed by atoms with Crippen molar-refractivity contribution in [3.8, 4) is 0 Å². The first-order valence-electron chi connectivity index (χ1n) is 9.99. The van der Waals surface area contributed by atoms with E-state index in [1.54, 1.807) is 0 Å². The van der Waals surface area contributed by atoms with E-state index in [1.165, 1.54) is 11.1 Å². The maximum Gasteiger partial charge on any atom is 0.194 e. The van der Waals surface area contributed by atoms with Gasteiger partial charge in [-0.1, -0.05) is 47.6 Å². The van der Waals surface area contributed by atoms with Crippen molar-refractivity contribution in [1.29, 1.82) is 0 Å². The van der Waals surface area contributed by atoms with E-state index in [2.05, 4.69) is 39.8 Å². The predicted molar refractivity (Wildman–Crippen MR) is 115 cm³/mol. The van der Waals surface area contributed by atoms with Crippen LogP contribution in [0.1, 0.15) is 83.5 Å². The molecule has 2 aromatic carbocycles. The zero-order chi connectivity index (χ0) is 20.3. The van der Waals surface area contributed by atoms with Crippen molar-refractivity contribution in [1.82, 2.24) is 0 Å². The molecule has 28 heavy (non-hydrogen) atoms. The summed E-state index contributed by atoms with van der Waals surface area (Å²) in [5.41, 5.74) is 6.93. The van der Waals surface area contributed by atoms with Gasteiger partial charge in [-0.2, -0.15) is 0 Å². The van der Waals surface area contributed by atoms with Gasteiger partial charge < -0.3 is 0 Å². The normalized spacial score (nSPS) is 12.3. The van der Waals surface area contributed by atoms with Crippen LogP contribution in [0, 0.1) is 0 Å². The van der Waals surface area contributed by atoms with Crippen LogP contribution in [0.4, 0.5) is 0 Å². The third-order valence-electron chi connectivity index (χ3n) is 5.12. The lowest BCUT2D eigenvalue weighted by Crippen LogP contribution is -2.21. The lowest BCUT2D eigenvalue weighted by molar-refractivity contribution is 0.0979. The average Bonchev–Trinajstić information content (AvgIpc) is 2.65. The highest BCUT2D eigenvalue weighted by molar-refractivity contribution is 6.28. The van der Waals surface area contributed by atoms with Gasteiger partial charge in [0, 0.05) is 22.3 Å². The number of aryl methyl sites for hydroxylation is 2. The van der Waals surface area contributed by atoms with Gasteiger partial charge in [0.1, 0.15) is 0 Å². The molecule has 0 bridgehead atoms. The van der Waals surface area contributed by atoms with E-state index in [4.69, 9.17) is 0 Å². The number of benzene rings is 2. The molecule has 0 aromatic heterocycles. The first-order valence-corrected chi connectivity index (χ1v) is 9.99. The number of allylic oxidation sites excluding steroid dienone is 4. The Labute approximate surface area is 168 Å². The molecule has 0 aliphatic heterocycles. The fourth-order valence-corrected chi connectivity index (χ4v) is 3.61. The molecular weight excluding hydrogens is 344 g/mol. The summed E-state index contributed by atoms with van der Waals surface area (Å²) in [4.78, 5) is 26.1. The summed E-state index contributed by atoms with van der Waals surface area (Å²) < 4.78 is 0. The molecule has 3 rings (SSSR count). The number of hydrogen-bond acceptors (Lipinski definition) is 2. The van der Waals surface area contributed by atoms with E-state index < -0.39 is 0 Å². The van der Waals surface area contributed by atoms with Gasteiger partial charge in [-0.05, 0) is 76.6 Å². The van der Waals surface area contributed by atoms with Crippen LogP contribution in [0.3, 0.4) is 0 Å². The van der Waals surface area contributed by atoms with E-state index >= 15 is 0 Å². The molecule has 0 spiro atoms. The topological polar surface area (TPSA) is 34.1 Å². The fourth-order valence-electron chi connectivity index (χ4n) is 3.61. The molecule has 0 heterocycles. The summed E-state index contributed by atoms with van der Waals surface area (Å²) in [6.07, 6.45) is 8.01. The Morgan fingerprint density at radius 3 is 1.43 bits per heavy atom. The Morgan fingerprint density at radius 2 is 1.04 bits per heavy atom. The molecule has 0 fully saturated rings. The largest absolute Gasteiger partial charge is 0.289 e. The predicted octanol–water partition coefficient (Wildman–Crippen LogP) is 6.26. The summed E-state index contributed by atoms with van der Waals surface area (Å²) in [5, 5.41) is 0. The van der Waals surface area contributed by atoms with Crippen LogP contribution in [0.15, 0.2) is 59.7 Å². The first kappa shape index (κ1) is 20.0. The Balaban J connectivity index is 1.89. The molecule has 2 heteroatoms. The van der Waals surface area contributed by atoms with Gasteiger partial charge in [0.05, 0.1) is 0 Å². The molecule has 144 valence electrons. The Bertz CT molecular complexity index is 904. The minimum atomic E-state index is -0.0451. The summed E-state index contributed by atoms with van der Waals surface area (Å²) in [6, 6.07) is 11.4. The van der Waals surface area contributed by atoms with Crippen molar-refractivity contribution in [2.75, 3.05) is 0 Å². The second-order valence-electron chi connectivity index (χ2n) is 8.06. The maximum atomic E-state index is 13.1. The van der Waals surface area contributed by atoms with Crippen molar-refractivity contribution < 1.29 is 9.59 Å². The highest BCUT2D eigenvalue weighted by Crippen LogP contribution is 2.29. The molecule has 0 N–H and O–H groups in total. The van der Waals surface area contributed by atoms with E-state index in [0.717, 1.165) is 36.8 Å². The summed E-state index contributed by atoms with van der Waals surface area (Å²) in [6.45, 7) is 8.34. The van der Waals surface area contributed by atoms with Crippen LogP contribution < -0.4 is 0 Å². The minimum Gasteiger partial charge on any atom is -0.289 e. The van der Waals surface area contributed by atoms with Crippen molar-refractivity contribution in [2.45, 2.75) is 53.4 Å². The monoisotopic (exact) mass is 372 g/mol. The number of carbonyl (C=O) groups excluding carboxylic acids is 2. The summed E-state index contributed by atoms with van der Waals surface area (Å²) in [5.74, 6) is -0.0750. The molecule has 2 nitrogen and oxygen atoms in total. The third kappa shape index (κ3) is 4.39. The molecule has 0 radical (unpaired) electrons. The van der Waals surface area contributed by atoms with Crippen LogP contribution in [-0.2, 0) is 12.8 Å². The third-order valence-corrected chi connectivity index (χ3v) is 5.12. The van der Waals surface area contributed by atoms with Crippen LogP contribution >= 0.6 is 0 Å². The quantitative estimate of drug-likeness (QED) is 0.479. The van der Waals surface area contributed by atoms with Crippen LogP contribution in [-0.4, -0.2) is 11.6 Å². The van der Waals surface area contributed by atoms with Gasteiger partial charge >= 0.3 is 0 Å². The summed E-state index contributed by atoms with van der Waals surface area (Å²) >= 11 is 0.